The molecule has 0 aliphatic carbocycles. The summed E-state index contributed by atoms with van der Waals surface area (Å²) >= 11 is 0. The summed E-state index contributed by atoms with van der Waals surface area (Å²) in [5, 5.41) is 2.75. The lowest BCUT2D eigenvalue weighted by Crippen LogP contribution is -2.38. The van der Waals surface area contributed by atoms with Gasteiger partial charge in [0.05, 0.1) is 24.1 Å². The van der Waals surface area contributed by atoms with Crippen molar-refractivity contribution < 1.29 is 22.7 Å². The van der Waals surface area contributed by atoms with Crippen molar-refractivity contribution in [3.8, 4) is 0 Å². The first kappa shape index (κ1) is 19.9. The zero-order chi connectivity index (χ0) is 20.3. The minimum atomic E-state index is -3.36. The molecule has 0 radical (unpaired) electrons. The van der Waals surface area contributed by atoms with E-state index in [9.17, 15) is 18.0 Å². The number of anilines is 2. The monoisotopic (exact) mass is 402 g/mol. The molecule has 2 aromatic carbocycles. The Balaban J connectivity index is 1.82. The van der Waals surface area contributed by atoms with Crippen LogP contribution in [0.3, 0.4) is 0 Å². The summed E-state index contributed by atoms with van der Waals surface area (Å²) in [5.74, 6) is -0.694. The Morgan fingerprint density at radius 1 is 1.04 bits per heavy atom. The third-order valence-electron chi connectivity index (χ3n) is 4.65. The van der Waals surface area contributed by atoms with Crippen molar-refractivity contribution >= 4 is 33.3 Å². The van der Waals surface area contributed by atoms with Gasteiger partial charge in [0.15, 0.2) is 0 Å². The minimum absolute atomic E-state index is 0.120. The van der Waals surface area contributed by atoms with E-state index < -0.39 is 16.0 Å². The number of aryl methyl sites for hydroxylation is 1. The first-order chi connectivity index (χ1) is 13.3. The smallest absolute Gasteiger partial charge is 0.337 e. The molecule has 2 aromatic rings. The average Bonchev–Trinajstić information content (AvgIpc) is 2.68. The fraction of sp³-hybridized carbons (Fsp3) is 0.300. The fourth-order valence-corrected chi connectivity index (χ4v) is 4.78. The molecule has 1 amide bonds. The molecule has 1 aliphatic rings. The lowest BCUT2D eigenvalue weighted by Gasteiger charge is -2.29. The summed E-state index contributed by atoms with van der Waals surface area (Å²) in [5.41, 5.74) is 2.59. The summed E-state index contributed by atoms with van der Waals surface area (Å²) in [7, 11) is -2.06. The summed E-state index contributed by atoms with van der Waals surface area (Å²) < 4.78 is 30.9. The molecule has 0 aromatic heterocycles. The number of carbonyl (C=O) groups is 2. The van der Waals surface area contributed by atoms with Crippen LogP contribution in [-0.2, 0) is 14.8 Å². The van der Waals surface area contributed by atoms with Crippen molar-refractivity contribution in [1.29, 1.82) is 0 Å². The van der Waals surface area contributed by atoms with Crippen molar-refractivity contribution in [2.75, 3.05) is 29.0 Å². The maximum absolute atomic E-state index is 12.6. The molecule has 1 heterocycles. The summed E-state index contributed by atoms with van der Waals surface area (Å²) in [4.78, 5) is 24.1. The molecule has 1 aliphatic heterocycles. The quantitative estimate of drug-likeness (QED) is 0.794. The molecule has 0 unspecified atom stereocenters. The Labute approximate surface area is 164 Å². The third-order valence-corrected chi connectivity index (χ3v) is 6.51. The molecule has 0 spiro atoms. The van der Waals surface area contributed by atoms with Gasteiger partial charge in [-0.15, -0.1) is 0 Å². The fourth-order valence-electron chi connectivity index (χ4n) is 3.09. The van der Waals surface area contributed by atoms with Crippen molar-refractivity contribution in [3.05, 3.63) is 59.2 Å². The van der Waals surface area contributed by atoms with Crippen molar-refractivity contribution in [1.82, 2.24) is 0 Å². The van der Waals surface area contributed by atoms with Gasteiger partial charge in [-0.25, -0.2) is 13.2 Å². The number of sulfonamides is 1. The number of ether oxygens (including phenoxy) is 1. The lowest BCUT2D eigenvalue weighted by atomic mass is 10.1. The molecule has 1 saturated heterocycles. The Kier molecular flexibility index (Phi) is 5.69. The molecule has 3 rings (SSSR count). The second-order valence-corrected chi connectivity index (χ2v) is 8.63. The number of hydrogen-bond donors (Lipinski definition) is 1. The van der Waals surface area contributed by atoms with E-state index in [1.807, 2.05) is 6.92 Å². The molecule has 1 N–H and O–H groups in total. The number of amides is 1. The van der Waals surface area contributed by atoms with Crippen LogP contribution in [-0.4, -0.2) is 39.7 Å². The molecule has 1 fully saturated rings. The second kappa shape index (κ2) is 8.02. The Hall–Kier alpha value is -2.87. The van der Waals surface area contributed by atoms with Gasteiger partial charge < -0.3 is 10.1 Å². The minimum Gasteiger partial charge on any atom is -0.465 e. The highest BCUT2D eigenvalue weighted by Crippen LogP contribution is 2.28. The first-order valence-electron chi connectivity index (χ1n) is 8.92. The van der Waals surface area contributed by atoms with Crippen LogP contribution in [0, 0.1) is 6.92 Å². The van der Waals surface area contributed by atoms with Crippen molar-refractivity contribution in [2.24, 2.45) is 0 Å². The molecule has 148 valence electrons. The molecule has 0 bridgehead atoms. The van der Waals surface area contributed by atoms with Gasteiger partial charge in [0, 0.05) is 17.8 Å². The van der Waals surface area contributed by atoms with Gasteiger partial charge in [-0.2, -0.15) is 0 Å². The predicted molar refractivity (Wildman–Crippen MR) is 107 cm³/mol. The normalized spacial score (nSPS) is 15.7. The van der Waals surface area contributed by atoms with Crippen LogP contribution >= 0.6 is 0 Å². The number of nitrogens with zero attached hydrogens (tertiary/aromatic N) is 1. The molecule has 7 nitrogen and oxygen atoms in total. The van der Waals surface area contributed by atoms with Crippen molar-refractivity contribution in [3.63, 3.8) is 0 Å². The molecule has 28 heavy (non-hydrogen) atoms. The number of hydrogen-bond acceptors (Lipinski definition) is 5. The van der Waals surface area contributed by atoms with E-state index in [4.69, 9.17) is 0 Å². The molecular formula is C20H22N2O5S. The van der Waals surface area contributed by atoms with Crippen LogP contribution in [0.4, 0.5) is 11.4 Å². The van der Waals surface area contributed by atoms with Gasteiger partial charge in [-0.1, -0.05) is 6.07 Å². The summed E-state index contributed by atoms with van der Waals surface area (Å²) in [6.45, 7) is 2.25. The average molecular weight is 402 g/mol. The van der Waals surface area contributed by atoms with Gasteiger partial charge >= 0.3 is 5.97 Å². The van der Waals surface area contributed by atoms with Crippen molar-refractivity contribution in [2.45, 2.75) is 19.8 Å². The van der Waals surface area contributed by atoms with Crippen LogP contribution < -0.4 is 9.62 Å². The van der Waals surface area contributed by atoms with E-state index >= 15 is 0 Å². The summed E-state index contributed by atoms with van der Waals surface area (Å²) in [6.07, 6.45) is 1.45. The van der Waals surface area contributed by atoms with Crippen LogP contribution in [0.25, 0.3) is 0 Å². The highest BCUT2D eigenvalue weighted by molar-refractivity contribution is 7.92. The standard InChI is InChI=1S/C20H22N2O5S/c1-14-5-6-16(13-18(14)22-11-3-4-12-28(22,25)26)19(23)21-17-9-7-15(8-10-17)20(24)27-2/h5-10,13H,3-4,11-12H2,1-2H3,(H,21,23). The lowest BCUT2D eigenvalue weighted by molar-refractivity contribution is 0.0600. The highest BCUT2D eigenvalue weighted by atomic mass is 32.2. The third kappa shape index (κ3) is 4.17. The molecule has 0 saturated carbocycles. The highest BCUT2D eigenvalue weighted by Gasteiger charge is 2.27. The molecular weight excluding hydrogens is 380 g/mol. The van der Waals surface area contributed by atoms with E-state index in [1.165, 1.54) is 11.4 Å². The number of esters is 1. The predicted octanol–water partition coefficient (Wildman–Crippen LogP) is 2.96. The largest absolute Gasteiger partial charge is 0.465 e. The number of carbonyl (C=O) groups excluding carboxylic acids is 2. The van der Waals surface area contributed by atoms with E-state index in [0.29, 0.717) is 35.5 Å². The number of rotatable bonds is 4. The number of methoxy groups -OCH3 is 1. The zero-order valence-electron chi connectivity index (χ0n) is 15.8. The van der Waals surface area contributed by atoms with E-state index in [-0.39, 0.29) is 11.7 Å². The SMILES string of the molecule is COC(=O)c1ccc(NC(=O)c2ccc(C)c(N3CCCCS3(=O)=O)c2)cc1. The van der Waals surface area contributed by atoms with Gasteiger partial charge in [-0.05, 0) is 61.7 Å². The van der Waals surface area contributed by atoms with E-state index in [2.05, 4.69) is 10.1 Å². The van der Waals surface area contributed by atoms with Gasteiger partial charge in [0.2, 0.25) is 10.0 Å². The molecule has 8 heteroatoms. The van der Waals surface area contributed by atoms with Gasteiger partial charge in [-0.3, -0.25) is 9.10 Å². The maximum Gasteiger partial charge on any atom is 0.337 e. The number of benzene rings is 2. The molecule has 0 atom stereocenters. The number of nitrogens with one attached hydrogen (secondary N) is 1. The van der Waals surface area contributed by atoms with Crippen LogP contribution in [0.15, 0.2) is 42.5 Å². The zero-order valence-corrected chi connectivity index (χ0v) is 16.6. The van der Waals surface area contributed by atoms with Gasteiger partial charge in [0.1, 0.15) is 0 Å². The Morgan fingerprint density at radius 3 is 2.36 bits per heavy atom. The Morgan fingerprint density at radius 2 is 1.71 bits per heavy atom. The van der Waals surface area contributed by atoms with E-state index in [1.54, 1.807) is 42.5 Å². The van der Waals surface area contributed by atoms with Crippen LogP contribution in [0.1, 0.15) is 39.1 Å². The summed E-state index contributed by atoms with van der Waals surface area (Å²) in [6, 6.07) is 11.3. The van der Waals surface area contributed by atoms with Crippen LogP contribution in [0.2, 0.25) is 0 Å². The first-order valence-corrected chi connectivity index (χ1v) is 10.5. The maximum atomic E-state index is 12.6. The van der Waals surface area contributed by atoms with Crippen LogP contribution in [0.5, 0.6) is 0 Å². The topological polar surface area (TPSA) is 92.8 Å². The van der Waals surface area contributed by atoms with E-state index in [0.717, 1.165) is 12.0 Å². The van der Waals surface area contributed by atoms with Gasteiger partial charge in [0.25, 0.3) is 5.91 Å². The Bertz CT molecular complexity index is 1000. The second-order valence-electron chi connectivity index (χ2n) is 6.62.